The number of nitrogens with zero attached hydrogens (tertiary/aromatic N) is 1. The third-order valence-corrected chi connectivity index (χ3v) is 1.53. The molecule has 0 aliphatic heterocycles. The lowest BCUT2D eigenvalue weighted by Crippen LogP contribution is -2.41. The fourth-order valence-corrected chi connectivity index (χ4v) is 0.894. The second-order valence-corrected chi connectivity index (χ2v) is 4.40. The third kappa shape index (κ3) is 6.81. The summed E-state index contributed by atoms with van der Waals surface area (Å²) in [6.07, 6.45) is 1.38. The minimum atomic E-state index is -0.382. The molecule has 0 heterocycles. The normalized spacial score (nSPS) is 11.8. The Labute approximate surface area is 95.3 Å². The van der Waals surface area contributed by atoms with Crippen LogP contribution in [-0.4, -0.2) is 23.9 Å². The van der Waals surface area contributed by atoms with Gasteiger partial charge in [0.1, 0.15) is 11.6 Å². The summed E-state index contributed by atoms with van der Waals surface area (Å²) in [7, 11) is 0. The van der Waals surface area contributed by atoms with Crippen LogP contribution in [0.5, 0.6) is 0 Å². The smallest absolute Gasteiger partial charge is 0.263 e. The zero-order valence-electron chi connectivity index (χ0n) is 9.22. The maximum absolute atomic E-state index is 11.5. The van der Waals surface area contributed by atoms with Gasteiger partial charge < -0.3 is 10.6 Å². The average Bonchev–Trinajstić information content (AvgIpc) is 2.09. The molecule has 0 atom stereocenters. The van der Waals surface area contributed by atoms with Crippen molar-refractivity contribution in [2.24, 2.45) is 0 Å². The highest BCUT2D eigenvalue weighted by Gasteiger charge is 2.16. The van der Waals surface area contributed by atoms with E-state index in [2.05, 4.69) is 10.6 Å². The lowest BCUT2D eigenvalue weighted by Gasteiger charge is -2.19. The third-order valence-electron chi connectivity index (χ3n) is 1.34. The summed E-state index contributed by atoms with van der Waals surface area (Å²) in [5, 5.41) is 14.2. The Bertz CT molecular complexity index is 286. The average molecular weight is 230 g/mol. The Morgan fingerprint density at radius 3 is 2.53 bits per heavy atom. The quantitative estimate of drug-likeness (QED) is 0.329. The molecule has 0 aliphatic rings. The van der Waals surface area contributed by atoms with Crippen molar-refractivity contribution < 1.29 is 4.79 Å². The number of hydrogen-bond acceptors (Lipinski definition) is 3. The molecule has 1 amide bonds. The van der Waals surface area contributed by atoms with E-state index in [9.17, 15) is 4.79 Å². The van der Waals surface area contributed by atoms with Crippen LogP contribution in [0.15, 0.2) is 11.8 Å². The zero-order chi connectivity index (χ0) is 11.9. The highest BCUT2D eigenvalue weighted by atomic mass is 35.5. The molecule has 5 heteroatoms. The van der Waals surface area contributed by atoms with Gasteiger partial charge in [0.15, 0.2) is 0 Å². The number of rotatable bonds is 4. The fraction of sp³-hybridized carbons (Fsp3) is 0.600. The van der Waals surface area contributed by atoms with Crippen LogP contribution in [0, 0.1) is 11.3 Å². The van der Waals surface area contributed by atoms with Crippen LogP contribution >= 0.6 is 11.6 Å². The van der Waals surface area contributed by atoms with E-state index in [0.29, 0.717) is 12.4 Å². The number of hydrogen-bond donors (Lipinski definition) is 2. The van der Waals surface area contributed by atoms with Gasteiger partial charge in [0, 0.05) is 24.2 Å². The molecule has 0 saturated carbocycles. The van der Waals surface area contributed by atoms with Crippen molar-refractivity contribution in [2.75, 3.05) is 12.4 Å². The van der Waals surface area contributed by atoms with Gasteiger partial charge in [0.05, 0.1) is 0 Å². The highest BCUT2D eigenvalue weighted by molar-refractivity contribution is 6.18. The van der Waals surface area contributed by atoms with E-state index >= 15 is 0 Å². The van der Waals surface area contributed by atoms with Crippen LogP contribution in [0.25, 0.3) is 0 Å². The molecule has 0 rings (SSSR count). The molecule has 0 radical (unpaired) electrons. The molecule has 0 aromatic rings. The van der Waals surface area contributed by atoms with Gasteiger partial charge in [-0.3, -0.25) is 4.79 Å². The van der Waals surface area contributed by atoms with Crippen molar-refractivity contribution in [1.82, 2.24) is 10.6 Å². The van der Waals surface area contributed by atoms with Crippen LogP contribution in [-0.2, 0) is 4.79 Å². The predicted molar refractivity (Wildman–Crippen MR) is 60.3 cm³/mol. The van der Waals surface area contributed by atoms with Crippen molar-refractivity contribution >= 4 is 17.5 Å². The molecule has 0 aromatic heterocycles. The SMILES string of the molecule is CC(C)(C)NC(=O)/C(C#N)=C\NCCCl. The summed E-state index contributed by atoms with van der Waals surface area (Å²) in [5.74, 6) is 0.0443. The van der Waals surface area contributed by atoms with Gasteiger partial charge in [-0.25, -0.2) is 0 Å². The molecule has 15 heavy (non-hydrogen) atoms. The van der Waals surface area contributed by atoms with E-state index in [0.717, 1.165) is 0 Å². The molecule has 0 aromatic carbocycles. The van der Waals surface area contributed by atoms with E-state index in [1.807, 2.05) is 26.8 Å². The van der Waals surface area contributed by atoms with Crippen LogP contribution in [0.2, 0.25) is 0 Å². The minimum absolute atomic E-state index is 0.0510. The van der Waals surface area contributed by atoms with Gasteiger partial charge in [-0.2, -0.15) is 5.26 Å². The molecular formula is C10H16ClN3O. The van der Waals surface area contributed by atoms with E-state index < -0.39 is 0 Å². The lowest BCUT2D eigenvalue weighted by molar-refractivity contribution is -0.118. The molecule has 0 bridgehead atoms. The summed E-state index contributed by atoms with van der Waals surface area (Å²) in [4.78, 5) is 11.5. The Balaban J connectivity index is 4.37. The molecule has 2 N–H and O–H groups in total. The maximum Gasteiger partial charge on any atom is 0.263 e. The summed E-state index contributed by atoms with van der Waals surface area (Å²) < 4.78 is 0. The Morgan fingerprint density at radius 2 is 2.13 bits per heavy atom. The van der Waals surface area contributed by atoms with Crippen molar-refractivity contribution in [1.29, 1.82) is 5.26 Å². The second-order valence-electron chi connectivity index (χ2n) is 4.02. The number of halogens is 1. The van der Waals surface area contributed by atoms with Gasteiger partial charge >= 0.3 is 0 Å². The summed E-state index contributed by atoms with van der Waals surface area (Å²) in [5.41, 5.74) is -0.297. The Morgan fingerprint density at radius 1 is 1.53 bits per heavy atom. The predicted octanol–water partition coefficient (Wildman–Crippen LogP) is 1.14. The summed E-state index contributed by atoms with van der Waals surface area (Å²) in [6, 6.07) is 1.83. The molecule has 84 valence electrons. The van der Waals surface area contributed by atoms with Crippen LogP contribution in [0.3, 0.4) is 0 Å². The first-order chi connectivity index (χ1) is 6.90. The molecule has 0 unspecified atom stereocenters. The van der Waals surface area contributed by atoms with Gasteiger partial charge in [-0.05, 0) is 20.8 Å². The standard InChI is InChI=1S/C10H16ClN3O/c1-10(2,3)14-9(15)8(6-12)7-13-5-4-11/h7,13H,4-5H2,1-3H3,(H,14,15)/b8-7-. The molecule has 4 nitrogen and oxygen atoms in total. The summed E-state index contributed by atoms with van der Waals surface area (Å²) in [6.45, 7) is 6.08. The molecule has 0 fully saturated rings. The number of amides is 1. The van der Waals surface area contributed by atoms with E-state index in [1.54, 1.807) is 0 Å². The first kappa shape index (κ1) is 13.8. The topological polar surface area (TPSA) is 64.9 Å². The van der Waals surface area contributed by atoms with Crippen molar-refractivity contribution in [3.63, 3.8) is 0 Å². The summed E-state index contributed by atoms with van der Waals surface area (Å²) >= 11 is 5.44. The van der Waals surface area contributed by atoms with Crippen molar-refractivity contribution in [3.05, 3.63) is 11.8 Å². The molecular weight excluding hydrogens is 214 g/mol. The van der Waals surface area contributed by atoms with Gasteiger partial charge in [-0.1, -0.05) is 0 Å². The fourth-order valence-electron chi connectivity index (χ4n) is 0.785. The monoisotopic (exact) mass is 229 g/mol. The second kappa shape index (κ2) is 6.31. The van der Waals surface area contributed by atoms with Crippen LogP contribution < -0.4 is 10.6 Å². The lowest BCUT2D eigenvalue weighted by atomic mass is 10.1. The zero-order valence-corrected chi connectivity index (χ0v) is 9.98. The van der Waals surface area contributed by atoms with Gasteiger partial charge in [0.2, 0.25) is 0 Å². The van der Waals surface area contributed by atoms with Crippen molar-refractivity contribution in [2.45, 2.75) is 26.3 Å². The van der Waals surface area contributed by atoms with Crippen LogP contribution in [0.4, 0.5) is 0 Å². The first-order valence-corrected chi connectivity index (χ1v) is 5.16. The maximum atomic E-state index is 11.5. The molecule has 0 spiro atoms. The number of nitriles is 1. The minimum Gasteiger partial charge on any atom is -0.388 e. The number of carbonyl (C=O) groups is 1. The molecule has 0 aliphatic carbocycles. The number of nitrogens with one attached hydrogen (secondary N) is 2. The van der Waals surface area contributed by atoms with Crippen LogP contribution in [0.1, 0.15) is 20.8 Å². The number of alkyl halides is 1. The van der Waals surface area contributed by atoms with Gasteiger partial charge in [-0.15, -0.1) is 11.6 Å². The van der Waals surface area contributed by atoms with E-state index in [-0.39, 0.29) is 17.0 Å². The van der Waals surface area contributed by atoms with E-state index in [4.69, 9.17) is 16.9 Å². The Hall–Kier alpha value is -1.21. The Kier molecular flexibility index (Phi) is 5.80. The first-order valence-electron chi connectivity index (χ1n) is 4.63. The van der Waals surface area contributed by atoms with Crippen molar-refractivity contribution in [3.8, 4) is 6.07 Å². The van der Waals surface area contributed by atoms with Gasteiger partial charge in [0.25, 0.3) is 5.91 Å². The largest absolute Gasteiger partial charge is 0.388 e. The number of carbonyl (C=O) groups excluding carboxylic acids is 1. The molecule has 0 saturated heterocycles. The highest BCUT2D eigenvalue weighted by Crippen LogP contribution is 2.01. The van der Waals surface area contributed by atoms with E-state index in [1.165, 1.54) is 6.20 Å².